The summed E-state index contributed by atoms with van der Waals surface area (Å²) in [4.78, 5) is 34.6. The summed E-state index contributed by atoms with van der Waals surface area (Å²) in [5, 5.41) is 11.9. The number of urea groups is 1. The van der Waals surface area contributed by atoms with Gasteiger partial charge in [-0.3, -0.25) is 9.59 Å². The van der Waals surface area contributed by atoms with Crippen LogP contribution in [0.15, 0.2) is 24.3 Å². The first-order valence-corrected chi connectivity index (χ1v) is 6.20. The van der Waals surface area contributed by atoms with Gasteiger partial charge in [-0.1, -0.05) is 12.1 Å². The van der Waals surface area contributed by atoms with Crippen LogP contribution in [0.4, 0.5) is 10.5 Å². The number of carbonyl (C=O) groups excluding carboxylic acids is 3. The Morgan fingerprint density at radius 1 is 1.14 bits per heavy atom. The molecule has 0 aromatic heterocycles. The number of amides is 4. The molecule has 1 aromatic rings. The first-order valence-electron chi connectivity index (χ1n) is 6.20. The average Bonchev–Trinajstić information content (AvgIpc) is 2.37. The lowest BCUT2D eigenvalue weighted by Gasteiger charge is -2.20. The van der Waals surface area contributed by atoms with Gasteiger partial charge >= 0.3 is 6.03 Å². The van der Waals surface area contributed by atoms with Crippen LogP contribution in [0.1, 0.15) is 18.6 Å². The SMILES string of the molecule is CC(O)c1ccc(NC(=O)N(CC(N)=O)CC(N)=O)cc1. The molecule has 0 spiro atoms. The van der Waals surface area contributed by atoms with Gasteiger partial charge in [-0.15, -0.1) is 0 Å². The highest BCUT2D eigenvalue weighted by Gasteiger charge is 2.18. The Labute approximate surface area is 121 Å². The van der Waals surface area contributed by atoms with E-state index in [2.05, 4.69) is 5.32 Å². The molecule has 0 radical (unpaired) electrons. The summed E-state index contributed by atoms with van der Waals surface area (Å²) in [6.45, 7) is 0.788. The van der Waals surface area contributed by atoms with E-state index in [0.717, 1.165) is 4.90 Å². The third kappa shape index (κ3) is 5.49. The fraction of sp³-hybridized carbons (Fsp3) is 0.308. The number of benzene rings is 1. The van der Waals surface area contributed by atoms with Crippen molar-refractivity contribution in [1.82, 2.24) is 4.90 Å². The van der Waals surface area contributed by atoms with E-state index in [1.165, 1.54) is 0 Å². The van der Waals surface area contributed by atoms with E-state index < -0.39 is 37.0 Å². The predicted molar refractivity (Wildman–Crippen MR) is 76.1 cm³/mol. The molecule has 1 unspecified atom stereocenters. The van der Waals surface area contributed by atoms with Gasteiger partial charge in [0.05, 0.1) is 6.10 Å². The molecule has 114 valence electrons. The Morgan fingerprint density at radius 3 is 2.00 bits per heavy atom. The van der Waals surface area contributed by atoms with Gasteiger partial charge in [0.15, 0.2) is 0 Å². The molecule has 0 saturated carbocycles. The van der Waals surface area contributed by atoms with Crippen LogP contribution in [0, 0.1) is 0 Å². The predicted octanol–water partition coefficient (Wildman–Crippen LogP) is -0.456. The molecule has 4 amide bonds. The molecule has 0 aliphatic rings. The molecule has 8 heteroatoms. The van der Waals surface area contributed by atoms with Gasteiger partial charge in [0.25, 0.3) is 0 Å². The number of carbonyl (C=O) groups is 3. The van der Waals surface area contributed by atoms with Crippen molar-refractivity contribution in [2.24, 2.45) is 11.5 Å². The molecular weight excluding hydrogens is 276 g/mol. The Kier molecular flexibility index (Phi) is 5.67. The van der Waals surface area contributed by atoms with E-state index in [9.17, 15) is 19.5 Å². The minimum absolute atomic E-state index is 0.416. The summed E-state index contributed by atoms with van der Waals surface area (Å²) >= 11 is 0. The van der Waals surface area contributed by atoms with Gasteiger partial charge in [0.1, 0.15) is 13.1 Å². The number of hydrogen-bond acceptors (Lipinski definition) is 4. The summed E-state index contributed by atoms with van der Waals surface area (Å²) < 4.78 is 0. The molecule has 1 rings (SSSR count). The van der Waals surface area contributed by atoms with Crippen LogP contribution in [-0.4, -0.2) is 40.9 Å². The third-order valence-corrected chi connectivity index (χ3v) is 2.62. The number of rotatable bonds is 6. The van der Waals surface area contributed by atoms with Crippen LogP contribution >= 0.6 is 0 Å². The molecule has 21 heavy (non-hydrogen) atoms. The molecule has 0 fully saturated rings. The number of aliphatic hydroxyl groups excluding tert-OH is 1. The first kappa shape index (κ1) is 16.4. The van der Waals surface area contributed by atoms with Crippen molar-refractivity contribution in [2.75, 3.05) is 18.4 Å². The van der Waals surface area contributed by atoms with Crippen LogP contribution in [0.2, 0.25) is 0 Å². The van der Waals surface area contributed by atoms with Crippen molar-refractivity contribution in [2.45, 2.75) is 13.0 Å². The number of anilines is 1. The fourth-order valence-electron chi connectivity index (χ4n) is 1.62. The van der Waals surface area contributed by atoms with Gasteiger partial charge in [-0.2, -0.15) is 0 Å². The van der Waals surface area contributed by atoms with Crippen LogP contribution in [0.5, 0.6) is 0 Å². The fourth-order valence-corrected chi connectivity index (χ4v) is 1.62. The van der Waals surface area contributed by atoms with E-state index in [-0.39, 0.29) is 0 Å². The van der Waals surface area contributed by atoms with Crippen molar-refractivity contribution in [3.8, 4) is 0 Å². The maximum atomic E-state index is 12.0. The monoisotopic (exact) mass is 294 g/mol. The molecule has 1 aromatic carbocycles. The highest BCUT2D eigenvalue weighted by Crippen LogP contribution is 2.15. The summed E-state index contributed by atoms with van der Waals surface area (Å²) in [5.74, 6) is -1.51. The van der Waals surface area contributed by atoms with Gasteiger partial charge < -0.3 is 26.8 Å². The molecule has 0 bridgehead atoms. The molecule has 0 heterocycles. The quantitative estimate of drug-likeness (QED) is 0.564. The van der Waals surface area contributed by atoms with E-state index in [0.29, 0.717) is 11.3 Å². The number of nitrogens with one attached hydrogen (secondary N) is 1. The van der Waals surface area contributed by atoms with Crippen molar-refractivity contribution in [3.63, 3.8) is 0 Å². The van der Waals surface area contributed by atoms with Crippen LogP contribution < -0.4 is 16.8 Å². The zero-order valence-electron chi connectivity index (χ0n) is 11.6. The Hall–Kier alpha value is -2.61. The topological polar surface area (TPSA) is 139 Å². The Bertz CT molecular complexity index is 511. The lowest BCUT2D eigenvalue weighted by atomic mass is 10.1. The van der Waals surface area contributed by atoms with Gasteiger partial charge in [-0.25, -0.2) is 4.79 Å². The summed E-state index contributed by atoms with van der Waals surface area (Å²) in [6, 6.07) is 5.80. The zero-order valence-corrected chi connectivity index (χ0v) is 11.6. The highest BCUT2D eigenvalue weighted by molar-refractivity contribution is 5.94. The van der Waals surface area contributed by atoms with Gasteiger partial charge in [0, 0.05) is 5.69 Å². The second-order valence-corrected chi connectivity index (χ2v) is 4.52. The van der Waals surface area contributed by atoms with E-state index in [1.807, 2.05) is 0 Å². The zero-order chi connectivity index (χ0) is 16.0. The van der Waals surface area contributed by atoms with Crippen LogP contribution in [0.3, 0.4) is 0 Å². The molecule has 0 saturated heterocycles. The standard InChI is InChI=1S/C13H18N4O4/c1-8(18)9-2-4-10(5-3-9)16-13(21)17(6-11(14)19)7-12(15)20/h2-5,8,18H,6-7H2,1H3,(H2,14,19)(H2,15,20)(H,16,21). The smallest absolute Gasteiger partial charge is 0.322 e. The Morgan fingerprint density at radius 2 is 1.62 bits per heavy atom. The molecule has 6 N–H and O–H groups in total. The third-order valence-electron chi connectivity index (χ3n) is 2.62. The number of nitrogens with zero attached hydrogens (tertiary/aromatic N) is 1. The minimum Gasteiger partial charge on any atom is -0.389 e. The highest BCUT2D eigenvalue weighted by atomic mass is 16.3. The second kappa shape index (κ2) is 7.25. The van der Waals surface area contributed by atoms with E-state index >= 15 is 0 Å². The molecule has 1 atom stereocenters. The minimum atomic E-state index is -0.754. The first-order chi connectivity index (χ1) is 9.79. The van der Waals surface area contributed by atoms with Gasteiger partial charge in [0.2, 0.25) is 11.8 Å². The lowest BCUT2D eigenvalue weighted by molar-refractivity contribution is -0.120. The van der Waals surface area contributed by atoms with Crippen molar-refractivity contribution >= 4 is 23.5 Å². The van der Waals surface area contributed by atoms with Crippen LogP contribution in [0.25, 0.3) is 0 Å². The maximum absolute atomic E-state index is 12.0. The summed E-state index contributed by atoms with van der Waals surface area (Å²) in [7, 11) is 0. The van der Waals surface area contributed by atoms with Crippen molar-refractivity contribution in [3.05, 3.63) is 29.8 Å². The normalized spacial score (nSPS) is 11.5. The van der Waals surface area contributed by atoms with Gasteiger partial charge in [-0.05, 0) is 24.6 Å². The summed E-state index contributed by atoms with van der Waals surface area (Å²) in [6.07, 6.45) is -0.615. The maximum Gasteiger partial charge on any atom is 0.322 e. The molecule has 0 aliphatic heterocycles. The van der Waals surface area contributed by atoms with E-state index in [4.69, 9.17) is 11.5 Å². The van der Waals surface area contributed by atoms with Crippen LogP contribution in [-0.2, 0) is 9.59 Å². The second-order valence-electron chi connectivity index (χ2n) is 4.52. The molecule has 0 aliphatic carbocycles. The number of primary amides is 2. The van der Waals surface area contributed by atoms with Crippen molar-refractivity contribution < 1.29 is 19.5 Å². The number of aliphatic hydroxyl groups is 1. The molecule has 8 nitrogen and oxygen atoms in total. The van der Waals surface area contributed by atoms with E-state index in [1.54, 1.807) is 31.2 Å². The lowest BCUT2D eigenvalue weighted by Crippen LogP contribution is -2.45. The average molecular weight is 294 g/mol. The largest absolute Gasteiger partial charge is 0.389 e. The summed E-state index contributed by atoms with van der Waals surface area (Å²) in [5.41, 5.74) is 11.2. The molecular formula is C13H18N4O4. The van der Waals surface area contributed by atoms with Crippen molar-refractivity contribution in [1.29, 1.82) is 0 Å². The number of hydrogen-bond donors (Lipinski definition) is 4. The Balaban J connectivity index is 2.75. The number of nitrogens with two attached hydrogens (primary N) is 2.